The molecule has 3 heteroatoms. The maximum Gasteiger partial charge on any atom is 0.136 e. The zero-order valence-electron chi connectivity index (χ0n) is 34.7. The first-order valence-corrected chi connectivity index (χ1v) is 21.7. The van der Waals surface area contributed by atoms with Gasteiger partial charge in [-0.05, 0) is 112 Å². The molecule has 12 rings (SSSR count). The van der Waals surface area contributed by atoms with Gasteiger partial charge in [0, 0.05) is 44.2 Å². The Bertz CT molecular complexity index is 3570. The topological polar surface area (TPSA) is 20.8 Å². The molecule has 11 aromatic rings. The second-order valence-corrected chi connectivity index (χ2v) is 16.5. The zero-order chi connectivity index (χ0) is 41.9. The van der Waals surface area contributed by atoms with Crippen LogP contribution in [0.1, 0.15) is 17.5 Å². The fourth-order valence-electron chi connectivity index (χ4n) is 9.77. The first-order chi connectivity index (χ1) is 31.2. The third-order valence-electron chi connectivity index (χ3n) is 12.9. The molecule has 0 saturated heterocycles. The molecule has 1 atom stereocenters. The highest BCUT2D eigenvalue weighted by Crippen LogP contribution is 2.41. The Morgan fingerprint density at radius 2 is 1.13 bits per heavy atom. The maximum atomic E-state index is 6.26. The van der Waals surface area contributed by atoms with Crippen molar-refractivity contribution in [3.63, 3.8) is 0 Å². The Hall–Kier alpha value is -8.14. The molecule has 0 radical (unpaired) electrons. The summed E-state index contributed by atoms with van der Waals surface area (Å²) in [6.07, 6.45) is 16.4. The van der Waals surface area contributed by atoms with Gasteiger partial charge in [0.05, 0.1) is 22.6 Å². The normalized spacial score (nSPS) is 14.6. The Kier molecular flexibility index (Phi) is 8.79. The number of hydrogen-bond acceptors (Lipinski definition) is 2. The molecule has 0 spiro atoms. The molecule has 3 nitrogen and oxygen atoms in total. The number of allylic oxidation sites excluding steroid dienone is 6. The number of anilines is 1. The Morgan fingerprint density at radius 3 is 1.78 bits per heavy atom. The molecule has 63 heavy (non-hydrogen) atoms. The van der Waals surface area contributed by atoms with Crippen LogP contribution in [0.25, 0.3) is 93.4 Å². The lowest BCUT2D eigenvalue weighted by Gasteiger charge is -2.30. The molecule has 0 fully saturated rings. The minimum absolute atomic E-state index is 0.108. The summed E-state index contributed by atoms with van der Waals surface area (Å²) < 4.78 is 8.68. The lowest BCUT2D eigenvalue weighted by atomic mass is 9.95. The van der Waals surface area contributed by atoms with E-state index in [1.54, 1.807) is 0 Å². The smallest absolute Gasteiger partial charge is 0.136 e. The van der Waals surface area contributed by atoms with Crippen LogP contribution in [0.4, 0.5) is 5.69 Å². The summed E-state index contributed by atoms with van der Waals surface area (Å²) in [6.45, 7) is 4.31. The second-order valence-electron chi connectivity index (χ2n) is 16.5. The number of fused-ring (bicyclic) bond motifs is 9. The van der Waals surface area contributed by atoms with Crippen LogP contribution in [-0.2, 0) is 0 Å². The zero-order valence-corrected chi connectivity index (χ0v) is 34.7. The molecule has 1 unspecified atom stereocenters. The van der Waals surface area contributed by atoms with Crippen LogP contribution in [0.3, 0.4) is 0 Å². The van der Waals surface area contributed by atoms with Crippen molar-refractivity contribution in [3.8, 4) is 22.3 Å². The van der Waals surface area contributed by atoms with Gasteiger partial charge < -0.3 is 13.7 Å². The van der Waals surface area contributed by atoms with Gasteiger partial charge >= 0.3 is 0 Å². The fraction of sp³-hybridized carbons (Fsp3) is 0.0333. The van der Waals surface area contributed by atoms with Gasteiger partial charge in [0.1, 0.15) is 11.2 Å². The third-order valence-corrected chi connectivity index (χ3v) is 12.9. The second kappa shape index (κ2) is 15.1. The summed E-state index contributed by atoms with van der Waals surface area (Å²) in [7, 11) is 0. The van der Waals surface area contributed by atoms with Gasteiger partial charge in [-0.25, -0.2) is 0 Å². The van der Waals surface area contributed by atoms with E-state index in [9.17, 15) is 0 Å². The minimum Gasteiger partial charge on any atom is -0.456 e. The maximum absolute atomic E-state index is 6.26. The van der Waals surface area contributed by atoms with E-state index in [1.165, 1.54) is 65.9 Å². The molecule has 1 aliphatic rings. The van der Waals surface area contributed by atoms with Crippen molar-refractivity contribution in [1.29, 1.82) is 0 Å². The number of para-hydroxylation sites is 3. The molecular weight excluding hydrogens is 765 g/mol. The summed E-state index contributed by atoms with van der Waals surface area (Å²) in [6, 6.07) is 65.5. The van der Waals surface area contributed by atoms with Gasteiger partial charge in [0.25, 0.3) is 0 Å². The lowest BCUT2D eigenvalue weighted by Crippen LogP contribution is -2.29. The number of hydrogen-bond donors (Lipinski definition) is 0. The van der Waals surface area contributed by atoms with Crippen LogP contribution in [-0.4, -0.2) is 10.4 Å². The average molecular weight is 807 g/mol. The summed E-state index contributed by atoms with van der Waals surface area (Å²) in [5.41, 5.74) is 16.1. The molecule has 0 amide bonds. The van der Waals surface area contributed by atoms with Gasteiger partial charge in [-0.3, -0.25) is 0 Å². The van der Waals surface area contributed by atoms with Crippen molar-refractivity contribution in [1.82, 2.24) is 4.40 Å². The van der Waals surface area contributed by atoms with E-state index in [0.717, 1.165) is 50.7 Å². The van der Waals surface area contributed by atoms with E-state index in [1.807, 2.05) is 18.2 Å². The highest BCUT2D eigenvalue weighted by atomic mass is 16.3. The van der Waals surface area contributed by atoms with Gasteiger partial charge in [-0.1, -0.05) is 164 Å². The molecule has 0 bridgehead atoms. The van der Waals surface area contributed by atoms with Gasteiger partial charge in [-0.2, -0.15) is 0 Å². The molecule has 298 valence electrons. The van der Waals surface area contributed by atoms with Crippen LogP contribution >= 0.6 is 0 Å². The van der Waals surface area contributed by atoms with Crippen LogP contribution in [0.15, 0.2) is 236 Å². The fourth-order valence-corrected chi connectivity index (χ4v) is 9.77. The molecular formula is C60H42N2O. The van der Waals surface area contributed by atoms with Crippen LogP contribution in [0.5, 0.6) is 0 Å². The first-order valence-electron chi connectivity index (χ1n) is 21.7. The summed E-state index contributed by atoms with van der Waals surface area (Å²) in [5, 5.41) is 7.34. The van der Waals surface area contributed by atoms with E-state index in [4.69, 9.17) is 4.42 Å². The minimum atomic E-state index is 0.108. The number of furan rings is 1. The quantitative estimate of drug-likeness (QED) is 0.135. The highest BCUT2D eigenvalue weighted by Gasteiger charge is 2.20. The molecule has 0 N–H and O–H groups in total. The molecule has 3 heterocycles. The van der Waals surface area contributed by atoms with Gasteiger partial charge in [0.2, 0.25) is 0 Å². The van der Waals surface area contributed by atoms with Crippen molar-refractivity contribution in [2.75, 3.05) is 4.90 Å². The molecule has 0 aliphatic heterocycles. The molecule has 1 aliphatic carbocycles. The SMILES string of the molecule is C=C/C(=C\C=C\N(c1ccc(-c2ccc(-c3ccccc3)cc2)cc1)C1C=CC(c2ccc3c(c2)oc2ccccc23)=CC1)c1cc2c3ccccc3n3c4ccccc4c(c1)c23. The van der Waals surface area contributed by atoms with Crippen molar-refractivity contribution in [2.24, 2.45) is 0 Å². The van der Waals surface area contributed by atoms with E-state index in [0.29, 0.717) is 0 Å². The van der Waals surface area contributed by atoms with E-state index in [2.05, 4.69) is 222 Å². The van der Waals surface area contributed by atoms with Crippen molar-refractivity contribution in [2.45, 2.75) is 12.5 Å². The molecule has 3 aromatic heterocycles. The number of rotatable bonds is 9. The highest BCUT2D eigenvalue weighted by molar-refractivity contribution is 6.24. The predicted molar refractivity (Wildman–Crippen MR) is 267 cm³/mol. The van der Waals surface area contributed by atoms with E-state index < -0.39 is 0 Å². The van der Waals surface area contributed by atoms with Crippen molar-refractivity contribution >= 4 is 76.9 Å². The lowest BCUT2D eigenvalue weighted by molar-refractivity contribution is 0.669. The standard InChI is InChI=1S/C60H42N2O/c1-2-40(47-37-54-50-16-6-9-19-56(50)62-57-20-10-7-17-51(57)55(38-47)60(54)62)15-12-36-61(48-31-26-44(27-32-48)43-24-22-42(23-25-43)41-13-4-3-5-14-41)49-33-28-45(29-34-49)46-30-35-53-52-18-8-11-21-58(52)63-59(53)39-46/h2-33,35-39,49H,1,34H2/b36-12+,40-15+. The molecule has 0 saturated carbocycles. The van der Waals surface area contributed by atoms with E-state index in [-0.39, 0.29) is 6.04 Å². The number of aromatic nitrogens is 1. The van der Waals surface area contributed by atoms with Crippen LogP contribution in [0, 0.1) is 0 Å². The van der Waals surface area contributed by atoms with Gasteiger partial charge in [-0.15, -0.1) is 0 Å². The molecule has 8 aromatic carbocycles. The van der Waals surface area contributed by atoms with Gasteiger partial charge in [0.15, 0.2) is 0 Å². The summed E-state index contributed by atoms with van der Waals surface area (Å²) >= 11 is 0. The summed E-state index contributed by atoms with van der Waals surface area (Å²) in [4.78, 5) is 2.39. The number of nitrogens with zero attached hydrogens (tertiary/aromatic N) is 2. The van der Waals surface area contributed by atoms with Crippen molar-refractivity contribution < 1.29 is 4.42 Å². The monoisotopic (exact) mass is 806 g/mol. The largest absolute Gasteiger partial charge is 0.456 e. The summed E-state index contributed by atoms with van der Waals surface area (Å²) in [5.74, 6) is 0. The Morgan fingerprint density at radius 1 is 0.556 bits per heavy atom. The average Bonchev–Trinajstić information content (AvgIpc) is 4.01. The van der Waals surface area contributed by atoms with Crippen LogP contribution in [0.2, 0.25) is 0 Å². The van der Waals surface area contributed by atoms with Crippen LogP contribution < -0.4 is 4.90 Å². The number of benzene rings is 8. The van der Waals surface area contributed by atoms with Crippen molar-refractivity contribution in [3.05, 3.63) is 242 Å². The van der Waals surface area contributed by atoms with E-state index >= 15 is 0 Å². The predicted octanol–water partition coefficient (Wildman–Crippen LogP) is 16.1. The first kappa shape index (κ1) is 36.7. The third kappa shape index (κ3) is 6.28. The Balaban J connectivity index is 0.890. The Labute approximate surface area is 366 Å².